The number of nitrogens with zero attached hydrogens (tertiary/aromatic N) is 3. The summed E-state index contributed by atoms with van der Waals surface area (Å²) >= 11 is 0. The van der Waals surface area contributed by atoms with E-state index < -0.39 is 0 Å². The van der Waals surface area contributed by atoms with Gasteiger partial charge in [0.15, 0.2) is 0 Å². The zero-order valence-corrected chi connectivity index (χ0v) is 12.9. The van der Waals surface area contributed by atoms with Gasteiger partial charge in [0.05, 0.1) is 11.7 Å². The molecule has 20 heavy (non-hydrogen) atoms. The highest BCUT2D eigenvalue weighted by Gasteiger charge is 2.22. The summed E-state index contributed by atoms with van der Waals surface area (Å²) in [5, 5.41) is 8.40. The molecule has 0 amide bonds. The largest absolute Gasteiger partial charge is 0.313 e. The van der Waals surface area contributed by atoms with Gasteiger partial charge in [0, 0.05) is 31.4 Å². The Hall–Kier alpha value is -0.870. The number of nitrogens with one attached hydrogen (secondary N) is 1. The lowest BCUT2D eigenvalue weighted by atomic mass is 10.2. The molecule has 1 saturated carbocycles. The van der Waals surface area contributed by atoms with Crippen LogP contribution in [0.25, 0.3) is 0 Å². The summed E-state index contributed by atoms with van der Waals surface area (Å²) in [7, 11) is 0. The van der Waals surface area contributed by atoms with Crippen molar-refractivity contribution in [2.45, 2.75) is 70.6 Å². The number of hydrogen-bond acceptors (Lipinski definition) is 3. The second-order valence-electron chi connectivity index (χ2n) is 6.65. The monoisotopic (exact) mass is 276 g/mol. The Bertz CT molecular complexity index is 422. The van der Waals surface area contributed by atoms with Crippen LogP contribution >= 0.6 is 0 Å². The van der Waals surface area contributed by atoms with Crippen LogP contribution in [-0.2, 0) is 6.54 Å². The van der Waals surface area contributed by atoms with Crippen molar-refractivity contribution in [1.82, 2.24) is 20.0 Å². The summed E-state index contributed by atoms with van der Waals surface area (Å²) in [5.74, 6) is 0. The number of rotatable bonds is 3. The molecule has 2 fully saturated rings. The van der Waals surface area contributed by atoms with E-state index in [-0.39, 0.29) is 0 Å². The first-order valence-corrected chi connectivity index (χ1v) is 8.24. The average molecular weight is 276 g/mol. The molecule has 0 aromatic carbocycles. The van der Waals surface area contributed by atoms with Crippen molar-refractivity contribution in [3.05, 3.63) is 18.0 Å². The molecule has 1 aromatic rings. The van der Waals surface area contributed by atoms with Crippen molar-refractivity contribution >= 4 is 0 Å². The Kier molecular flexibility index (Phi) is 4.41. The highest BCUT2D eigenvalue weighted by molar-refractivity contribution is 5.01. The molecule has 2 atom stereocenters. The first-order chi connectivity index (χ1) is 9.72. The molecule has 1 aromatic heterocycles. The van der Waals surface area contributed by atoms with Crippen LogP contribution in [0.2, 0.25) is 0 Å². The van der Waals surface area contributed by atoms with Crippen LogP contribution in [0.4, 0.5) is 0 Å². The predicted octanol–water partition coefficient (Wildman–Crippen LogP) is 2.57. The Balaban J connectivity index is 1.64. The molecular formula is C16H28N4. The van der Waals surface area contributed by atoms with Crippen molar-refractivity contribution in [2.75, 3.05) is 13.1 Å². The summed E-state index contributed by atoms with van der Waals surface area (Å²) in [4.78, 5) is 2.58. The summed E-state index contributed by atoms with van der Waals surface area (Å²) in [6.45, 7) is 7.87. The molecular weight excluding hydrogens is 248 g/mol. The molecule has 4 heteroatoms. The van der Waals surface area contributed by atoms with E-state index in [1.807, 2.05) is 0 Å². The van der Waals surface area contributed by atoms with E-state index in [1.54, 1.807) is 0 Å². The summed E-state index contributed by atoms with van der Waals surface area (Å²) in [6.07, 6.45) is 8.77. The van der Waals surface area contributed by atoms with E-state index in [0.29, 0.717) is 18.1 Å². The second kappa shape index (κ2) is 6.27. The minimum atomic E-state index is 0.580. The zero-order chi connectivity index (χ0) is 13.9. The van der Waals surface area contributed by atoms with E-state index >= 15 is 0 Å². The lowest BCUT2D eigenvalue weighted by Crippen LogP contribution is -2.38. The van der Waals surface area contributed by atoms with Gasteiger partial charge in [-0.15, -0.1) is 0 Å². The maximum atomic E-state index is 4.83. The van der Waals surface area contributed by atoms with Gasteiger partial charge in [-0.2, -0.15) is 5.10 Å². The van der Waals surface area contributed by atoms with Crippen molar-refractivity contribution in [2.24, 2.45) is 0 Å². The van der Waals surface area contributed by atoms with E-state index in [0.717, 1.165) is 19.6 Å². The van der Waals surface area contributed by atoms with E-state index in [9.17, 15) is 0 Å². The molecule has 4 nitrogen and oxygen atoms in total. The van der Waals surface area contributed by atoms with E-state index in [2.05, 4.69) is 41.0 Å². The quantitative estimate of drug-likeness (QED) is 0.921. The molecule has 2 aliphatic rings. The van der Waals surface area contributed by atoms with Gasteiger partial charge in [0.25, 0.3) is 0 Å². The normalized spacial score (nSPS) is 29.7. The van der Waals surface area contributed by atoms with Gasteiger partial charge in [-0.3, -0.25) is 9.58 Å². The second-order valence-corrected chi connectivity index (χ2v) is 6.65. The fraction of sp³-hybridized carbons (Fsp3) is 0.812. The van der Waals surface area contributed by atoms with Gasteiger partial charge < -0.3 is 5.32 Å². The first-order valence-electron chi connectivity index (χ1n) is 8.24. The molecule has 0 bridgehead atoms. The highest BCUT2D eigenvalue weighted by atomic mass is 15.3. The summed E-state index contributed by atoms with van der Waals surface area (Å²) in [6, 6.07) is 4.10. The molecule has 2 unspecified atom stereocenters. The summed E-state index contributed by atoms with van der Waals surface area (Å²) in [5.41, 5.74) is 1.23. The third-order valence-electron chi connectivity index (χ3n) is 4.91. The number of aromatic nitrogens is 2. The SMILES string of the molecule is CC1CN(Cc2ccn(C3CCCC3)n2)C(C)CCN1. The van der Waals surface area contributed by atoms with Crippen molar-refractivity contribution in [3.63, 3.8) is 0 Å². The zero-order valence-electron chi connectivity index (χ0n) is 12.9. The Morgan fingerprint density at radius 3 is 2.85 bits per heavy atom. The molecule has 3 rings (SSSR count). The third-order valence-corrected chi connectivity index (χ3v) is 4.91. The van der Waals surface area contributed by atoms with Gasteiger partial charge in [-0.1, -0.05) is 12.8 Å². The number of hydrogen-bond donors (Lipinski definition) is 1. The van der Waals surface area contributed by atoms with Gasteiger partial charge in [0.1, 0.15) is 0 Å². The van der Waals surface area contributed by atoms with Crippen LogP contribution in [0.3, 0.4) is 0 Å². The van der Waals surface area contributed by atoms with Crippen LogP contribution < -0.4 is 5.32 Å². The minimum Gasteiger partial charge on any atom is -0.313 e. The van der Waals surface area contributed by atoms with Crippen LogP contribution in [0.1, 0.15) is 57.7 Å². The molecule has 2 heterocycles. The molecule has 1 aliphatic heterocycles. The van der Waals surface area contributed by atoms with Gasteiger partial charge in [0.2, 0.25) is 0 Å². The Morgan fingerprint density at radius 1 is 1.25 bits per heavy atom. The van der Waals surface area contributed by atoms with Gasteiger partial charge >= 0.3 is 0 Å². The van der Waals surface area contributed by atoms with Crippen molar-refractivity contribution in [3.8, 4) is 0 Å². The molecule has 1 aliphatic carbocycles. The van der Waals surface area contributed by atoms with Crippen LogP contribution in [0, 0.1) is 0 Å². The van der Waals surface area contributed by atoms with E-state index in [4.69, 9.17) is 5.10 Å². The Morgan fingerprint density at radius 2 is 2.05 bits per heavy atom. The van der Waals surface area contributed by atoms with Crippen molar-refractivity contribution in [1.29, 1.82) is 0 Å². The van der Waals surface area contributed by atoms with Crippen molar-refractivity contribution < 1.29 is 0 Å². The maximum Gasteiger partial charge on any atom is 0.0765 e. The third kappa shape index (κ3) is 3.23. The average Bonchev–Trinajstić information content (AvgIpc) is 3.05. The molecule has 1 saturated heterocycles. The molecule has 0 radical (unpaired) electrons. The minimum absolute atomic E-state index is 0.580. The summed E-state index contributed by atoms with van der Waals surface area (Å²) < 4.78 is 2.21. The van der Waals surface area contributed by atoms with Crippen LogP contribution in [-0.4, -0.2) is 39.9 Å². The van der Waals surface area contributed by atoms with Crippen LogP contribution in [0.5, 0.6) is 0 Å². The first kappa shape index (κ1) is 14.1. The van der Waals surface area contributed by atoms with Crippen LogP contribution in [0.15, 0.2) is 12.3 Å². The maximum absolute atomic E-state index is 4.83. The smallest absolute Gasteiger partial charge is 0.0765 e. The van der Waals surface area contributed by atoms with Gasteiger partial charge in [-0.05, 0) is 45.7 Å². The molecule has 112 valence electrons. The highest BCUT2D eigenvalue weighted by Crippen LogP contribution is 2.28. The lowest BCUT2D eigenvalue weighted by molar-refractivity contribution is 0.195. The predicted molar refractivity (Wildman–Crippen MR) is 81.7 cm³/mol. The fourth-order valence-corrected chi connectivity index (χ4v) is 3.58. The van der Waals surface area contributed by atoms with Gasteiger partial charge in [-0.25, -0.2) is 0 Å². The standard InChI is InChI=1S/C16H28N4/c1-13-11-19(14(2)7-9-17-13)12-15-8-10-20(18-15)16-5-3-4-6-16/h8,10,13-14,16-17H,3-7,9,11-12H2,1-2H3. The lowest BCUT2D eigenvalue weighted by Gasteiger charge is -2.27. The van der Waals surface area contributed by atoms with E-state index in [1.165, 1.54) is 37.8 Å². The molecule has 0 spiro atoms. The topological polar surface area (TPSA) is 33.1 Å². The Labute approximate surface area is 122 Å². The fourth-order valence-electron chi connectivity index (χ4n) is 3.58. The molecule has 1 N–H and O–H groups in total.